The minimum Gasteiger partial charge on any atom is -0.497 e. The average molecular weight is 328 g/mol. The third kappa shape index (κ3) is 4.73. The van der Waals surface area contributed by atoms with Gasteiger partial charge in [-0.2, -0.15) is 0 Å². The fraction of sp³-hybridized carbons (Fsp3) is 0.545. The number of hydrogen-bond donors (Lipinski definition) is 1. The van der Waals surface area contributed by atoms with E-state index in [1.54, 1.807) is 7.11 Å². The van der Waals surface area contributed by atoms with Crippen LogP contribution in [0.25, 0.3) is 10.8 Å². The average Bonchev–Trinajstić information content (AvgIpc) is 2.54. The first kappa shape index (κ1) is 18.8. The van der Waals surface area contributed by atoms with Crippen molar-refractivity contribution in [3.05, 3.63) is 41.5 Å². The molecule has 2 aromatic rings. The van der Waals surface area contributed by atoms with Crippen LogP contribution in [0, 0.1) is 5.41 Å². The van der Waals surface area contributed by atoms with Crippen molar-refractivity contribution in [2.24, 2.45) is 5.41 Å². The zero-order valence-electron chi connectivity index (χ0n) is 16.0. The van der Waals surface area contributed by atoms with E-state index < -0.39 is 0 Å². The zero-order chi connectivity index (χ0) is 17.6. The fourth-order valence-electron chi connectivity index (χ4n) is 3.55. The molecule has 1 N–H and O–H groups in total. The zero-order valence-corrected chi connectivity index (χ0v) is 16.0. The highest BCUT2D eigenvalue weighted by atomic mass is 16.5. The summed E-state index contributed by atoms with van der Waals surface area (Å²) in [6.45, 7) is 11.4. The molecule has 2 heteroatoms. The molecular weight excluding hydrogens is 294 g/mol. The summed E-state index contributed by atoms with van der Waals surface area (Å²) in [7, 11) is 1.74. The molecule has 1 aliphatic rings. The number of benzene rings is 2. The predicted octanol–water partition coefficient (Wildman–Crippen LogP) is 5.37. The second-order valence-corrected chi connectivity index (χ2v) is 7.57. The molecule has 0 heterocycles. The van der Waals surface area contributed by atoms with E-state index in [0.29, 0.717) is 5.41 Å². The van der Waals surface area contributed by atoms with Crippen LogP contribution in [0.5, 0.6) is 5.75 Å². The molecule has 2 nitrogen and oxygen atoms in total. The highest BCUT2D eigenvalue weighted by molar-refractivity contribution is 5.91. The summed E-state index contributed by atoms with van der Waals surface area (Å²) in [6.07, 6.45) is 4.81. The fourth-order valence-corrected chi connectivity index (χ4v) is 3.55. The quantitative estimate of drug-likeness (QED) is 0.746. The van der Waals surface area contributed by atoms with Gasteiger partial charge in [-0.1, -0.05) is 45.9 Å². The number of methoxy groups -OCH3 is 1. The van der Waals surface area contributed by atoms with Gasteiger partial charge in [-0.05, 0) is 78.2 Å². The Morgan fingerprint density at radius 2 is 1.67 bits per heavy atom. The molecule has 24 heavy (non-hydrogen) atoms. The van der Waals surface area contributed by atoms with Crippen LogP contribution in [0.4, 0.5) is 0 Å². The molecule has 132 valence electrons. The number of hydrogen-bond acceptors (Lipinski definition) is 2. The van der Waals surface area contributed by atoms with E-state index in [1.165, 1.54) is 54.3 Å². The van der Waals surface area contributed by atoms with Crippen molar-refractivity contribution >= 4 is 10.8 Å². The minimum atomic E-state index is 0.355. The van der Waals surface area contributed by atoms with Gasteiger partial charge < -0.3 is 10.1 Å². The first-order chi connectivity index (χ1) is 11.5. The van der Waals surface area contributed by atoms with Gasteiger partial charge in [0.2, 0.25) is 0 Å². The van der Waals surface area contributed by atoms with Gasteiger partial charge in [0.25, 0.3) is 0 Å². The Morgan fingerprint density at radius 1 is 1.00 bits per heavy atom. The molecule has 0 aromatic heterocycles. The highest BCUT2D eigenvalue weighted by Crippen LogP contribution is 2.40. The first-order valence-electron chi connectivity index (χ1n) is 9.30. The van der Waals surface area contributed by atoms with E-state index in [9.17, 15) is 0 Å². The van der Waals surface area contributed by atoms with Gasteiger partial charge in [-0.25, -0.2) is 0 Å². The van der Waals surface area contributed by atoms with Gasteiger partial charge in [0, 0.05) is 0 Å². The monoisotopic (exact) mass is 327 g/mol. The molecule has 0 spiro atoms. The summed E-state index contributed by atoms with van der Waals surface area (Å²) in [4.78, 5) is 0. The van der Waals surface area contributed by atoms with Gasteiger partial charge in [-0.15, -0.1) is 0 Å². The molecule has 0 saturated carbocycles. The molecule has 0 atom stereocenters. The normalized spacial score (nSPS) is 14.9. The number of ether oxygens (including phenoxy) is 1. The molecule has 1 aliphatic carbocycles. The van der Waals surface area contributed by atoms with Crippen LogP contribution >= 0.6 is 0 Å². The lowest BCUT2D eigenvalue weighted by Gasteiger charge is -2.31. The largest absolute Gasteiger partial charge is 0.497 e. The maximum Gasteiger partial charge on any atom is 0.119 e. The van der Waals surface area contributed by atoms with E-state index in [2.05, 4.69) is 63.3 Å². The summed E-state index contributed by atoms with van der Waals surface area (Å²) in [5.41, 5.74) is 3.27. The lowest BCUT2D eigenvalue weighted by atomic mass is 9.73. The van der Waals surface area contributed by atoms with E-state index in [4.69, 9.17) is 4.74 Å². The van der Waals surface area contributed by atoms with Crippen LogP contribution in [0.15, 0.2) is 30.3 Å². The Morgan fingerprint density at radius 3 is 2.29 bits per heavy atom. The molecule has 0 unspecified atom stereocenters. The molecule has 0 aliphatic heterocycles. The number of nitrogens with one attached hydrogen (secondary N) is 1. The lowest BCUT2D eigenvalue weighted by molar-refractivity contribution is 0.354. The van der Waals surface area contributed by atoms with Crippen LogP contribution in [-0.2, 0) is 12.8 Å². The van der Waals surface area contributed by atoms with E-state index >= 15 is 0 Å². The molecular formula is C22H33NO. The van der Waals surface area contributed by atoms with E-state index in [-0.39, 0.29) is 0 Å². The smallest absolute Gasteiger partial charge is 0.119 e. The standard InChI is InChI=1S/C16H18O.C6H15N/c1-16(2)9-12-6-4-5-11-7-14(17-3)8-13(10-16)15(11)12;1-3-5-7-6-4-2/h4-8H,9-10H2,1-3H3;7H,3-6H2,1-2H3. The Labute approximate surface area is 147 Å². The SMILES string of the molecule is CCCNCCC.COc1cc2c3c(cccc3c1)CC(C)(C)C2. The molecule has 2 aromatic carbocycles. The maximum absolute atomic E-state index is 5.40. The van der Waals surface area contributed by atoms with Crippen molar-refractivity contribution in [3.63, 3.8) is 0 Å². The van der Waals surface area contributed by atoms with Crippen LogP contribution in [-0.4, -0.2) is 20.2 Å². The van der Waals surface area contributed by atoms with Gasteiger partial charge in [0.15, 0.2) is 0 Å². The Kier molecular flexibility index (Phi) is 6.68. The first-order valence-corrected chi connectivity index (χ1v) is 9.30. The van der Waals surface area contributed by atoms with Crippen LogP contribution < -0.4 is 10.1 Å². The summed E-state index contributed by atoms with van der Waals surface area (Å²) in [5.74, 6) is 0.974. The minimum absolute atomic E-state index is 0.355. The molecule has 3 rings (SSSR count). The lowest BCUT2D eigenvalue weighted by Crippen LogP contribution is -2.22. The van der Waals surface area contributed by atoms with Crippen molar-refractivity contribution in [3.8, 4) is 5.75 Å². The summed E-state index contributed by atoms with van der Waals surface area (Å²) >= 11 is 0. The van der Waals surface area contributed by atoms with Crippen LogP contribution in [0.2, 0.25) is 0 Å². The predicted molar refractivity (Wildman–Crippen MR) is 105 cm³/mol. The van der Waals surface area contributed by atoms with Gasteiger partial charge >= 0.3 is 0 Å². The van der Waals surface area contributed by atoms with Crippen molar-refractivity contribution < 1.29 is 4.74 Å². The van der Waals surface area contributed by atoms with Crippen LogP contribution in [0.3, 0.4) is 0 Å². The molecule has 0 radical (unpaired) electrons. The molecule has 0 amide bonds. The number of rotatable bonds is 5. The molecule has 0 bridgehead atoms. The summed E-state index contributed by atoms with van der Waals surface area (Å²) in [5, 5.41) is 6.05. The maximum atomic E-state index is 5.40. The third-order valence-corrected chi connectivity index (χ3v) is 4.55. The molecule has 0 fully saturated rings. The Balaban J connectivity index is 0.000000256. The topological polar surface area (TPSA) is 21.3 Å². The Bertz CT molecular complexity index is 656. The summed E-state index contributed by atoms with van der Waals surface area (Å²) < 4.78 is 5.40. The van der Waals surface area contributed by atoms with Crippen molar-refractivity contribution in [1.29, 1.82) is 0 Å². The van der Waals surface area contributed by atoms with Gasteiger partial charge in [-0.3, -0.25) is 0 Å². The third-order valence-electron chi connectivity index (χ3n) is 4.55. The second-order valence-electron chi connectivity index (χ2n) is 7.57. The highest BCUT2D eigenvalue weighted by Gasteiger charge is 2.27. The van der Waals surface area contributed by atoms with Crippen LogP contribution in [0.1, 0.15) is 51.7 Å². The van der Waals surface area contributed by atoms with Gasteiger partial charge in [0.1, 0.15) is 5.75 Å². The van der Waals surface area contributed by atoms with Gasteiger partial charge in [0.05, 0.1) is 7.11 Å². The van der Waals surface area contributed by atoms with E-state index in [1.807, 2.05) is 0 Å². The van der Waals surface area contributed by atoms with Crippen molar-refractivity contribution in [2.45, 2.75) is 53.4 Å². The Hall–Kier alpha value is -1.54. The second kappa shape index (κ2) is 8.53. The van der Waals surface area contributed by atoms with Crippen molar-refractivity contribution in [2.75, 3.05) is 20.2 Å². The summed E-state index contributed by atoms with van der Waals surface area (Å²) in [6, 6.07) is 10.9. The molecule has 0 saturated heterocycles. The van der Waals surface area contributed by atoms with E-state index in [0.717, 1.165) is 12.2 Å². The van der Waals surface area contributed by atoms with Crippen molar-refractivity contribution in [1.82, 2.24) is 5.32 Å².